The molecule has 1 heterocycles. The zero-order valence-electron chi connectivity index (χ0n) is 10.9. The number of hydrogen-bond donors (Lipinski definition) is 2. The summed E-state index contributed by atoms with van der Waals surface area (Å²) in [5.41, 5.74) is 5.55. The maximum Gasteiger partial charge on any atom is 0.119 e. The van der Waals surface area contributed by atoms with E-state index in [0.29, 0.717) is 10.7 Å². The highest BCUT2D eigenvalue weighted by Crippen LogP contribution is 2.29. The van der Waals surface area contributed by atoms with Crippen molar-refractivity contribution in [3.8, 4) is 5.75 Å². The molecule has 0 saturated carbocycles. The second kappa shape index (κ2) is 6.02. The van der Waals surface area contributed by atoms with E-state index in [-0.39, 0.29) is 6.04 Å². The van der Waals surface area contributed by atoms with Crippen molar-refractivity contribution in [2.75, 3.05) is 7.11 Å². The topological polar surface area (TPSA) is 60.2 Å². The standard InChI is InChI=1S/C14H16ClN3O/c1-9-8-10(19-2)5-6-11(9)13(18-16)14-12(15)4-3-7-17-14/h3-8,13,18H,16H2,1-2H3. The average Bonchev–Trinajstić information content (AvgIpc) is 2.43. The Morgan fingerprint density at radius 2 is 2.16 bits per heavy atom. The average molecular weight is 278 g/mol. The summed E-state index contributed by atoms with van der Waals surface area (Å²) in [5, 5.41) is 0.584. The molecular weight excluding hydrogens is 262 g/mol. The minimum absolute atomic E-state index is 0.250. The number of benzene rings is 1. The van der Waals surface area contributed by atoms with Crippen molar-refractivity contribution in [2.45, 2.75) is 13.0 Å². The van der Waals surface area contributed by atoms with Gasteiger partial charge in [-0.1, -0.05) is 17.7 Å². The summed E-state index contributed by atoms with van der Waals surface area (Å²) in [7, 11) is 1.64. The molecule has 100 valence electrons. The number of halogens is 1. The van der Waals surface area contributed by atoms with Gasteiger partial charge in [-0.05, 0) is 42.3 Å². The number of rotatable bonds is 4. The number of ether oxygens (including phenoxy) is 1. The lowest BCUT2D eigenvalue weighted by atomic mass is 9.98. The van der Waals surface area contributed by atoms with E-state index >= 15 is 0 Å². The highest BCUT2D eigenvalue weighted by Gasteiger charge is 2.18. The van der Waals surface area contributed by atoms with Crippen LogP contribution in [-0.2, 0) is 0 Å². The van der Waals surface area contributed by atoms with Crippen molar-refractivity contribution in [2.24, 2.45) is 5.84 Å². The van der Waals surface area contributed by atoms with Crippen LogP contribution >= 0.6 is 11.6 Å². The first-order valence-corrected chi connectivity index (χ1v) is 6.26. The Labute approximate surface area is 117 Å². The maximum absolute atomic E-state index is 6.18. The van der Waals surface area contributed by atoms with E-state index in [1.807, 2.05) is 25.1 Å². The Bertz CT molecular complexity index is 574. The normalized spacial score (nSPS) is 12.2. The highest BCUT2D eigenvalue weighted by atomic mass is 35.5. The third-order valence-electron chi connectivity index (χ3n) is 3.02. The van der Waals surface area contributed by atoms with Gasteiger partial charge in [0.2, 0.25) is 0 Å². The quantitative estimate of drug-likeness (QED) is 0.666. The van der Waals surface area contributed by atoms with E-state index in [2.05, 4.69) is 10.4 Å². The Balaban J connectivity index is 2.46. The highest BCUT2D eigenvalue weighted by molar-refractivity contribution is 6.31. The second-order valence-electron chi connectivity index (χ2n) is 4.19. The van der Waals surface area contributed by atoms with Gasteiger partial charge in [-0.25, -0.2) is 5.43 Å². The molecule has 2 rings (SSSR count). The van der Waals surface area contributed by atoms with Crippen molar-refractivity contribution in [3.63, 3.8) is 0 Å². The van der Waals surface area contributed by atoms with E-state index in [0.717, 1.165) is 16.9 Å². The Hall–Kier alpha value is -1.62. The first-order valence-electron chi connectivity index (χ1n) is 5.88. The van der Waals surface area contributed by atoms with Crippen molar-refractivity contribution >= 4 is 11.6 Å². The number of pyridine rings is 1. The van der Waals surface area contributed by atoms with Gasteiger partial charge in [-0.15, -0.1) is 0 Å². The van der Waals surface area contributed by atoms with Crippen LogP contribution in [0.2, 0.25) is 5.02 Å². The molecule has 1 atom stereocenters. The number of hydrazine groups is 1. The van der Waals surface area contributed by atoms with Gasteiger partial charge in [0.25, 0.3) is 0 Å². The number of methoxy groups -OCH3 is 1. The summed E-state index contributed by atoms with van der Waals surface area (Å²) in [6.45, 7) is 2.00. The second-order valence-corrected chi connectivity index (χ2v) is 4.60. The molecule has 0 radical (unpaired) electrons. The maximum atomic E-state index is 6.18. The van der Waals surface area contributed by atoms with Gasteiger partial charge in [0.1, 0.15) is 5.75 Å². The smallest absolute Gasteiger partial charge is 0.119 e. The molecule has 1 aromatic carbocycles. The van der Waals surface area contributed by atoms with Crippen molar-refractivity contribution in [1.82, 2.24) is 10.4 Å². The molecule has 0 bridgehead atoms. The largest absolute Gasteiger partial charge is 0.497 e. The molecule has 19 heavy (non-hydrogen) atoms. The van der Waals surface area contributed by atoms with Crippen LogP contribution in [0.15, 0.2) is 36.5 Å². The first-order chi connectivity index (χ1) is 9.17. The van der Waals surface area contributed by atoms with Gasteiger partial charge in [0.15, 0.2) is 0 Å². The van der Waals surface area contributed by atoms with E-state index < -0.39 is 0 Å². The molecule has 2 aromatic rings. The molecule has 0 spiro atoms. The minimum Gasteiger partial charge on any atom is -0.497 e. The van der Waals surface area contributed by atoms with E-state index in [4.69, 9.17) is 22.2 Å². The number of hydrogen-bond acceptors (Lipinski definition) is 4. The van der Waals surface area contributed by atoms with E-state index in [1.165, 1.54) is 0 Å². The first kappa shape index (κ1) is 13.8. The van der Waals surface area contributed by atoms with Crippen molar-refractivity contribution in [3.05, 3.63) is 58.4 Å². The summed E-state index contributed by atoms with van der Waals surface area (Å²) in [5.74, 6) is 6.47. The summed E-state index contributed by atoms with van der Waals surface area (Å²) >= 11 is 6.18. The lowest BCUT2D eigenvalue weighted by Gasteiger charge is -2.19. The summed E-state index contributed by atoms with van der Waals surface area (Å²) in [6.07, 6.45) is 1.70. The third kappa shape index (κ3) is 2.87. The summed E-state index contributed by atoms with van der Waals surface area (Å²) in [6, 6.07) is 9.15. The fourth-order valence-corrected chi connectivity index (χ4v) is 2.26. The van der Waals surface area contributed by atoms with E-state index in [1.54, 1.807) is 25.4 Å². The molecule has 0 amide bonds. The molecule has 5 heteroatoms. The van der Waals surface area contributed by atoms with Crippen LogP contribution in [0.3, 0.4) is 0 Å². The van der Waals surface area contributed by atoms with Crippen LogP contribution in [0.5, 0.6) is 5.75 Å². The Kier molecular flexibility index (Phi) is 4.37. The SMILES string of the molecule is COc1ccc(C(NN)c2ncccc2Cl)c(C)c1. The molecule has 1 aromatic heterocycles. The zero-order valence-corrected chi connectivity index (χ0v) is 11.6. The van der Waals surface area contributed by atoms with Gasteiger partial charge in [-0.2, -0.15) is 0 Å². The molecular formula is C14H16ClN3O. The molecule has 3 N–H and O–H groups in total. The minimum atomic E-state index is -0.250. The Morgan fingerprint density at radius 1 is 1.37 bits per heavy atom. The third-order valence-corrected chi connectivity index (χ3v) is 3.33. The summed E-state index contributed by atoms with van der Waals surface area (Å²) in [4.78, 5) is 4.30. The number of nitrogens with zero attached hydrogens (tertiary/aromatic N) is 1. The van der Waals surface area contributed by atoms with Gasteiger partial charge < -0.3 is 4.74 Å². The lowest BCUT2D eigenvalue weighted by molar-refractivity contribution is 0.414. The molecule has 0 aliphatic heterocycles. The van der Waals surface area contributed by atoms with Gasteiger partial charge in [0, 0.05) is 6.20 Å². The monoisotopic (exact) mass is 277 g/mol. The van der Waals surface area contributed by atoms with E-state index in [9.17, 15) is 0 Å². The van der Waals surface area contributed by atoms with Crippen LogP contribution in [-0.4, -0.2) is 12.1 Å². The summed E-state index contributed by atoms with van der Waals surface area (Å²) < 4.78 is 5.20. The number of nitrogens with one attached hydrogen (secondary N) is 1. The predicted octanol–water partition coefficient (Wildman–Crippen LogP) is 2.60. The zero-order chi connectivity index (χ0) is 13.8. The lowest BCUT2D eigenvalue weighted by Crippen LogP contribution is -2.30. The molecule has 4 nitrogen and oxygen atoms in total. The number of aryl methyl sites for hydroxylation is 1. The number of nitrogens with two attached hydrogens (primary N) is 1. The van der Waals surface area contributed by atoms with Gasteiger partial charge >= 0.3 is 0 Å². The van der Waals surface area contributed by atoms with Crippen LogP contribution in [0.4, 0.5) is 0 Å². The van der Waals surface area contributed by atoms with Crippen molar-refractivity contribution < 1.29 is 4.74 Å². The predicted molar refractivity (Wildman–Crippen MR) is 76.1 cm³/mol. The van der Waals surface area contributed by atoms with Crippen LogP contribution in [0, 0.1) is 6.92 Å². The van der Waals surface area contributed by atoms with Crippen LogP contribution in [0.25, 0.3) is 0 Å². The Morgan fingerprint density at radius 3 is 2.74 bits per heavy atom. The molecule has 0 fully saturated rings. The van der Waals surface area contributed by atoms with Crippen LogP contribution in [0.1, 0.15) is 22.9 Å². The number of aromatic nitrogens is 1. The van der Waals surface area contributed by atoms with Gasteiger partial charge in [-0.3, -0.25) is 10.8 Å². The van der Waals surface area contributed by atoms with Crippen molar-refractivity contribution in [1.29, 1.82) is 0 Å². The molecule has 0 saturated heterocycles. The van der Waals surface area contributed by atoms with Gasteiger partial charge in [0.05, 0.1) is 23.9 Å². The fraction of sp³-hybridized carbons (Fsp3) is 0.214. The fourth-order valence-electron chi connectivity index (χ4n) is 2.03. The molecule has 0 aliphatic rings. The molecule has 1 unspecified atom stereocenters. The van der Waals surface area contributed by atoms with Crippen LogP contribution < -0.4 is 16.0 Å². The molecule has 0 aliphatic carbocycles.